The number of hydrogen-bond acceptors (Lipinski definition) is 4. The smallest absolute Gasteiger partial charge is 0.226 e. The van der Waals surface area contributed by atoms with Gasteiger partial charge in [0.15, 0.2) is 0 Å². The highest BCUT2D eigenvalue weighted by molar-refractivity contribution is 7.09. The first-order valence-electron chi connectivity index (χ1n) is 6.65. The number of rotatable bonds is 6. The van der Waals surface area contributed by atoms with Crippen molar-refractivity contribution in [3.63, 3.8) is 0 Å². The van der Waals surface area contributed by atoms with Crippen LogP contribution in [0.1, 0.15) is 44.8 Å². The zero-order chi connectivity index (χ0) is 14.5. The van der Waals surface area contributed by atoms with Crippen molar-refractivity contribution in [3.05, 3.63) is 16.1 Å². The van der Waals surface area contributed by atoms with Crippen LogP contribution in [0.3, 0.4) is 0 Å². The molecule has 108 valence electrons. The topological polar surface area (TPSA) is 62.2 Å². The molecule has 1 heterocycles. The van der Waals surface area contributed by atoms with Gasteiger partial charge >= 0.3 is 0 Å². The quantitative estimate of drug-likeness (QED) is 0.841. The van der Waals surface area contributed by atoms with Crippen LogP contribution in [-0.2, 0) is 16.6 Å². The van der Waals surface area contributed by atoms with E-state index in [2.05, 4.69) is 31.1 Å². The van der Waals surface area contributed by atoms with E-state index in [9.17, 15) is 4.79 Å². The van der Waals surface area contributed by atoms with Crippen LogP contribution in [0.15, 0.2) is 5.38 Å². The minimum atomic E-state index is -0.00412. The molecule has 0 saturated carbocycles. The van der Waals surface area contributed by atoms with Crippen molar-refractivity contribution in [2.45, 2.75) is 46.0 Å². The summed E-state index contributed by atoms with van der Waals surface area (Å²) in [7, 11) is 0. The van der Waals surface area contributed by atoms with Crippen molar-refractivity contribution in [2.75, 3.05) is 13.2 Å². The number of aromatic nitrogens is 1. The SMILES string of the molecule is CC(CCO)CNC(=O)Cc1csc(C(C)(C)C)n1. The number of amides is 1. The van der Waals surface area contributed by atoms with Crippen LogP contribution in [0.25, 0.3) is 0 Å². The number of hydrogen-bond donors (Lipinski definition) is 2. The third-order valence-corrected chi connectivity index (χ3v) is 4.12. The standard InChI is InChI=1S/C14H24N2O2S/c1-10(5-6-17)8-15-12(18)7-11-9-19-13(16-11)14(2,3)4/h9-10,17H,5-8H2,1-4H3,(H,15,18). The van der Waals surface area contributed by atoms with Gasteiger partial charge in [0, 0.05) is 23.9 Å². The summed E-state index contributed by atoms with van der Waals surface area (Å²) in [6.45, 7) is 9.13. The predicted octanol–water partition coefficient (Wildman–Crippen LogP) is 2.12. The van der Waals surface area contributed by atoms with Crippen molar-refractivity contribution in [1.82, 2.24) is 10.3 Å². The van der Waals surface area contributed by atoms with Crippen LogP contribution in [-0.4, -0.2) is 29.1 Å². The highest BCUT2D eigenvalue weighted by Gasteiger charge is 2.18. The van der Waals surface area contributed by atoms with Gasteiger partial charge in [-0.3, -0.25) is 4.79 Å². The van der Waals surface area contributed by atoms with E-state index in [0.29, 0.717) is 25.3 Å². The van der Waals surface area contributed by atoms with E-state index in [1.54, 1.807) is 11.3 Å². The molecule has 1 rings (SSSR count). The van der Waals surface area contributed by atoms with Crippen molar-refractivity contribution in [2.24, 2.45) is 5.92 Å². The third kappa shape index (κ3) is 5.70. The largest absolute Gasteiger partial charge is 0.396 e. The van der Waals surface area contributed by atoms with Gasteiger partial charge < -0.3 is 10.4 Å². The van der Waals surface area contributed by atoms with Crippen LogP contribution in [0.4, 0.5) is 0 Å². The molecule has 0 aliphatic carbocycles. The minimum Gasteiger partial charge on any atom is -0.396 e. The van der Waals surface area contributed by atoms with Gasteiger partial charge in [-0.1, -0.05) is 27.7 Å². The Morgan fingerprint density at radius 3 is 2.74 bits per heavy atom. The number of nitrogens with zero attached hydrogens (tertiary/aromatic N) is 1. The van der Waals surface area contributed by atoms with Crippen molar-refractivity contribution in [1.29, 1.82) is 0 Å². The van der Waals surface area contributed by atoms with E-state index < -0.39 is 0 Å². The Balaban J connectivity index is 2.42. The first kappa shape index (κ1) is 16.1. The van der Waals surface area contributed by atoms with E-state index in [1.807, 2.05) is 12.3 Å². The summed E-state index contributed by atoms with van der Waals surface area (Å²) in [5, 5.41) is 14.7. The second-order valence-electron chi connectivity index (χ2n) is 5.99. The fourth-order valence-electron chi connectivity index (χ4n) is 1.57. The number of aliphatic hydroxyl groups excluding tert-OH is 1. The molecule has 0 fully saturated rings. The Kier molecular flexibility index (Phi) is 5.94. The lowest BCUT2D eigenvalue weighted by atomic mass is 9.98. The third-order valence-electron chi connectivity index (χ3n) is 2.80. The van der Waals surface area contributed by atoms with Gasteiger partial charge in [-0.25, -0.2) is 4.98 Å². The number of carbonyl (C=O) groups is 1. The molecule has 0 aromatic carbocycles. The highest BCUT2D eigenvalue weighted by atomic mass is 32.1. The maximum atomic E-state index is 11.8. The first-order chi connectivity index (χ1) is 8.82. The second-order valence-corrected chi connectivity index (χ2v) is 6.85. The molecular weight excluding hydrogens is 260 g/mol. The molecule has 1 amide bonds. The van der Waals surface area contributed by atoms with Gasteiger partial charge in [0.2, 0.25) is 5.91 Å². The lowest BCUT2D eigenvalue weighted by Crippen LogP contribution is -2.30. The molecule has 2 N–H and O–H groups in total. The number of thiazole rings is 1. The van der Waals surface area contributed by atoms with E-state index in [4.69, 9.17) is 5.11 Å². The van der Waals surface area contributed by atoms with Crippen molar-refractivity contribution in [3.8, 4) is 0 Å². The van der Waals surface area contributed by atoms with Crippen LogP contribution >= 0.6 is 11.3 Å². The Morgan fingerprint density at radius 2 is 2.21 bits per heavy atom. The van der Waals surface area contributed by atoms with Gasteiger partial charge in [-0.05, 0) is 12.3 Å². The predicted molar refractivity (Wildman–Crippen MR) is 78.4 cm³/mol. The fourth-order valence-corrected chi connectivity index (χ4v) is 2.48. The Labute approximate surface area is 119 Å². The van der Waals surface area contributed by atoms with Crippen LogP contribution in [0.2, 0.25) is 0 Å². The van der Waals surface area contributed by atoms with Crippen LogP contribution in [0.5, 0.6) is 0 Å². The number of nitrogens with one attached hydrogen (secondary N) is 1. The summed E-state index contributed by atoms with van der Waals surface area (Å²) >= 11 is 1.61. The zero-order valence-corrected chi connectivity index (χ0v) is 13.0. The van der Waals surface area contributed by atoms with E-state index >= 15 is 0 Å². The molecule has 1 aromatic heterocycles. The van der Waals surface area contributed by atoms with Gasteiger partial charge in [-0.15, -0.1) is 11.3 Å². The van der Waals surface area contributed by atoms with Gasteiger partial charge in [0.25, 0.3) is 0 Å². The summed E-state index contributed by atoms with van der Waals surface area (Å²) in [5.41, 5.74) is 0.872. The molecule has 0 aliphatic rings. The average Bonchev–Trinajstić information content (AvgIpc) is 2.75. The molecule has 1 unspecified atom stereocenters. The number of aliphatic hydroxyl groups is 1. The van der Waals surface area contributed by atoms with Gasteiger partial charge in [-0.2, -0.15) is 0 Å². The normalized spacial score (nSPS) is 13.3. The molecule has 1 aromatic rings. The molecule has 5 heteroatoms. The Bertz CT molecular complexity index is 410. The summed E-state index contributed by atoms with van der Waals surface area (Å²) in [4.78, 5) is 16.3. The molecule has 0 radical (unpaired) electrons. The maximum Gasteiger partial charge on any atom is 0.226 e. The fraction of sp³-hybridized carbons (Fsp3) is 0.714. The Morgan fingerprint density at radius 1 is 1.53 bits per heavy atom. The summed E-state index contributed by atoms with van der Waals surface area (Å²) in [5.74, 6) is 0.296. The summed E-state index contributed by atoms with van der Waals surface area (Å²) in [6.07, 6.45) is 1.05. The molecule has 4 nitrogen and oxygen atoms in total. The van der Waals surface area contributed by atoms with Gasteiger partial charge in [0.05, 0.1) is 17.1 Å². The highest BCUT2D eigenvalue weighted by Crippen LogP contribution is 2.25. The summed E-state index contributed by atoms with van der Waals surface area (Å²) in [6, 6.07) is 0. The first-order valence-corrected chi connectivity index (χ1v) is 7.53. The zero-order valence-electron chi connectivity index (χ0n) is 12.2. The minimum absolute atomic E-state index is 0.00412. The van der Waals surface area contributed by atoms with Crippen LogP contribution in [0, 0.1) is 5.92 Å². The Hall–Kier alpha value is -0.940. The molecule has 0 spiro atoms. The molecule has 0 aliphatic heterocycles. The lowest BCUT2D eigenvalue weighted by molar-refractivity contribution is -0.120. The van der Waals surface area contributed by atoms with E-state index in [-0.39, 0.29) is 17.9 Å². The monoisotopic (exact) mass is 284 g/mol. The molecule has 0 saturated heterocycles. The number of carbonyl (C=O) groups excluding carboxylic acids is 1. The molecule has 1 atom stereocenters. The van der Waals surface area contributed by atoms with Crippen molar-refractivity contribution >= 4 is 17.2 Å². The molecule has 0 bridgehead atoms. The molecular formula is C14H24N2O2S. The summed E-state index contributed by atoms with van der Waals surface area (Å²) < 4.78 is 0. The molecule has 19 heavy (non-hydrogen) atoms. The second kappa shape index (κ2) is 7.01. The van der Waals surface area contributed by atoms with Crippen molar-refractivity contribution < 1.29 is 9.90 Å². The van der Waals surface area contributed by atoms with Gasteiger partial charge in [0.1, 0.15) is 0 Å². The average molecular weight is 284 g/mol. The maximum absolute atomic E-state index is 11.8. The lowest BCUT2D eigenvalue weighted by Gasteiger charge is -2.13. The van der Waals surface area contributed by atoms with Crippen LogP contribution < -0.4 is 5.32 Å². The van der Waals surface area contributed by atoms with E-state index in [1.165, 1.54) is 0 Å². The van der Waals surface area contributed by atoms with E-state index in [0.717, 1.165) is 10.7 Å².